The van der Waals surface area contributed by atoms with Crippen molar-refractivity contribution in [3.05, 3.63) is 81.6 Å². The van der Waals surface area contributed by atoms with Crippen molar-refractivity contribution in [2.24, 2.45) is 0 Å². The number of aromatic nitrogens is 3. The van der Waals surface area contributed by atoms with Crippen LogP contribution in [0.1, 0.15) is 35.5 Å². The number of fused-ring (bicyclic) bond motifs is 1. The molecule has 0 aliphatic rings. The van der Waals surface area contributed by atoms with Crippen LogP contribution in [-0.2, 0) is 17.9 Å². The van der Waals surface area contributed by atoms with Gasteiger partial charge in [0.05, 0.1) is 44.5 Å². The van der Waals surface area contributed by atoms with Gasteiger partial charge in [-0.3, -0.25) is 9.59 Å². The third-order valence-electron chi connectivity index (χ3n) is 6.21. The molecular weight excluding hydrogens is 460 g/mol. The summed E-state index contributed by atoms with van der Waals surface area (Å²) in [4.78, 5) is 34.6. The Morgan fingerprint density at radius 2 is 1.94 bits per heavy atom. The number of aromatic amines is 1. The topological polar surface area (TPSA) is 103 Å². The summed E-state index contributed by atoms with van der Waals surface area (Å²) in [5, 5.41) is 0.385. The zero-order valence-electron chi connectivity index (χ0n) is 21.1. The first kappa shape index (κ1) is 24.8. The average Bonchev–Trinajstić information content (AvgIpc) is 3.48. The fourth-order valence-corrected chi connectivity index (χ4v) is 4.18. The molecule has 0 atom stereocenters. The number of methoxy groups -OCH3 is 2. The lowest BCUT2D eigenvalue weighted by molar-refractivity contribution is -0.126. The molecule has 0 unspecified atom stereocenters. The van der Waals surface area contributed by atoms with Crippen LogP contribution in [0.3, 0.4) is 0 Å². The van der Waals surface area contributed by atoms with Crippen LogP contribution in [0.5, 0.6) is 11.5 Å². The van der Waals surface area contributed by atoms with Gasteiger partial charge in [-0.15, -0.1) is 0 Å². The molecule has 9 nitrogen and oxygen atoms in total. The van der Waals surface area contributed by atoms with Crippen LogP contribution in [0.2, 0.25) is 0 Å². The number of furan rings is 1. The summed E-state index contributed by atoms with van der Waals surface area (Å²) < 4.78 is 18.2. The first-order valence-corrected chi connectivity index (χ1v) is 11.7. The minimum absolute atomic E-state index is 0.163. The summed E-state index contributed by atoms with van der Waals surface area (Å²) in [5.41, 5.74) is 3.24. The van der Waals surface area contributed by atoms with E-state index in [0.717, 1.165) is 22.7 Å². The second-order valence-electron chi connectivity index (χ2n) is 8.41. The first-order chi connectivity index (χ1) is 17.3. The molecule has 4 aromatic rings. The van der Waals surface area contributed by atoms with E-state index in [1.165, 1.54) is 14.2 Å². The molecule has 0 saturated heterocycles. The van der Waals surface area contributed by atoms with Crippen LogP contribution in [-0.4, -0.2) is 46.1 Å². The number of aryl methyl sites for hydroxylation is 1. The van der Waals surface area contributed by atoms with Gasteiger partial charge in [0.25, 0.3) is 5.56 Å². The molecule has 1 amide bonds. The lowest BCUT2D eigenvalue weighted by Gasteiger charge is -2.18. The number of hydrogen-bond donors (Lipinski definition) is 1. The Morgan fingerprint density at radius 3 is 2.61 bits per heavy atom. The normalized spacial score (nSPS) is 11.4. The van der Waals surface area contributed by atoms with Crippen molar-refractivity contribution >= 4 is 22.9 Å². The van der Waals surface area contributed by atoms with Crippen molar-refractivity contribution in [2.75, 3.05) is 20.8 Å². The highest BCUT2D eigenvalue weighted by atomic mass is 16.5. The lowest BCUT2D eigenvalue weighted by atomic mass is 10.2. The SMILES string of the molecule is CCN(Cc1nc2cc(OC)c(OC)cc2c(=O)[nH]1)C(=O)C=Cc1cc(C)n(Cc2ccco2)c1C. The highest BCUT2D eigenvalue weighted by Gasteiger charge is 2.15. The predicted molar refractivity (Wildman–Crippen MR) is 137 cm³/mol. The fraction of sp³-hybridized carbons (Fsp3) is 0.296. The van der Waals surface area contributed by atoms with Crippen molar-refractivity contribution in [2.45, 2.75) is 33.9 Å². The van der Waals surface area contributed by atoms with Crippen LogP contribution < -0.4 is 15.0 Å². The van der Waals surface area contributed by atoms with Crippen LogP contribution in [0.4, 0.5) is 0 Å². The van der Waals surface area contributed by atoms with Gasteiger partial charge in [0, 0.05) is 30.1 Å². The van der Waals surface area contributed by atoms with Gasteiger partial charge in [-0.25, -0.2) is 4.98 Å². The molecule has 1 N–H and O–H groups in total. The summed E-state index contributed by atoms with van der Waals surface area (Å²) in [6, 6.07) is 9.10. The van der Waals surface area contributed by atoms with E-state index in [1.807, 2.05) is 45.0 Å². The van der Waals surface area contributed by atoms with E-state index in [9.17, 15) is 9.59 Å². The first-order valence-electron chi connectivity index (χ1n) is 11.7. The summed E-state index contributed by atoms with van der Waals surface area (Å²) in [5.74, 6) is 2.01. The summed E-state index contributed by atoms with van der Waals surface area (Å²) in [7, 11) is 3.03. The molecule has 0 aliphatic heterocycles. The third kappa shape index (κ3) is 5.05. The Kier molecular flexibility index (Phi) is 7.28. The number of carbonyl (C=O) groups is 1. The number of likely N-dealkylation sites (N-methyl/N-ethyl adjacent to an activating group) is 1. The Morgan fingerprint density at radius 1 is 1.19 bits per heavy atom. The second-order valence-corrected chi connectivity index (χ2v) is 8.41. The minimum atomic E-state index is -0.306. The maximum Gasteiger partial charge on any atom is 0.258 e. The molecule has 0 bridgehead atoms. The van der Waals surface area contributed by atoms with E-state index in [-0.39, 0.29) is 18.0 Å². The van der Waals surface area contributed by atoms with Crippen LogP contribution in [0.15, 0.2) is 51.9 Å². The van der Waals surface area contributed by atoms with E-state index in [1.54, 1.807) is 29.4 Å². The van der Waals surface area contributed by atoms with Gasteiger partial charge in [-0.1, -0.05) is 0 Å². The lowest BCUT2D eigenvalue weighted by Crippen LogP contribution is -2.30. The molecule has 0 fully saturated rings. The monoisotopic (exact) mass is 490 g/mol. The quantitative estimate of drug-likeness (QED) is 0.355. The molecule has 36 heavy (non-hydrogen) atoms. The number of ether oxygens (including phenoxy) is 2. The molecule has 1 aromatic carbocycles. The molecule has 0 spiro atoms. The molecule has 0 aliphatic carbocycles. The van der Waals surface area contributed by atoms with Crippen LogP contribution >= 0.6 is 0 Å². The van der Waals surface area contributed by atoms with E-state index >= 15 is 0 Å². The largest absolute Gasteiger partial charge is 0.493 e. The molecule has 3 heterocycles. The Bertz CT molecular complexity index is 1460. The van der Waals surface area contributed by atoms with Gasteiger partial charge in [-0.05, 0) is 56.7 Å². The van der Waals surface area contributed by atoms with Crippen molar-refractivity contribution in [3.63, 3.8) is 0 Å². The number of nitrogens with zero attached hydrogens (tertiary/aromatic N) is 3. The van der Waals surface area contributed by atoms with E-state index in [0.29, 0.717) is 41.3 Å². The number of carbonyl (C=O) groups excluding carboxylic acids is 1. The zero-order chi connectivity index (χ0) is 25.8. The maximum atomic E-state index is 13.0. The summed E-state index contributed by atoms with van der Waals surface area (Å²) >= 11 is 0. The van der Waals surface area contributed by atoms with Gasteiger partial charge in [0.15, 0.2) is 11.5 Å². The highest BCUT2D eigenvalue weighted by molar-refractivity contribution is 5.92. The van der Waals surface area contributed by atoms with E-state index < -0.39 is 0 Å². The number of rotatable bonds is 9. The summed E-state index contributed by atoms with van der Waals surface area (Å²) in [6.45, 7) is 7.18. The third-order valence-corrected chi connectivity index (χ3v) is 6.21. The van der Waals surface area contributed by atoms with E-state index in [4.69, 9.17) is 13.9 Å². The average molecular weight is 491 g/mol. The molecule has 0 saturated carbocycles. The van der Waals surface area contributed by atoms with E-state index in [2.05, 4.69) is 14.5 Å². The zero-order valence-corrected chi connectivity index (χ0v) is 21.1. The van der Waals surface area contributed by atoms with Gasteiger partial charge in [-0.2, -0.15) is 0 Å². The number of H-pyrrole nitrogens is 1. The van der Waals surface area contributed by atoms with Crippen molar-refractivity contribution in [1.82, 2.24) is 19.4 Å². The Balaban J connectivity index is 1.53. The molecule has 9 heteroatoms. The number of hydrogen-bond acceptors (Lipinski definition) is 6. The molecule has 0 radical (unpaired) electrons. The highest BCUT2D eigenvalue weighted by Crippen LogP contribution is 2.30. The minimum Gasteiger partial charge on any atom is -0.493 e. The van der Waals surface area contributed by atoms with Crippen LogP contribution in [0.25, 0.3) is 17.0 Å². The smallest absolute Gasteiger partial charge is 0.258 e. The molecule has 3 aromatic heterocycles. The van der Waals surface area contributed by atoms with Crippen molar-refractivity contribution < 1.29 is 18.7 Å². The number of benzene rings is 1. The van der Waals surface area contributed by atoms with Crippen molar-refractivity contribution in [1.29, 1.82) is 0 Å². The maximum absolute atomic E-state index is 13.0. The van der Waals surface area contributed by atoms with Gasteiger partial charge in [0.1, 0.15) is 11.6 Å². The van der Waals surface area contributed by atoms with Crippen molar-refractivity contribution in [3.8, 4) is 11.5 Å². The van der Waals surface area contributed by atoms with Gasteiger partial charge >= 0.3 is 0 Å². The standard InChI is InChI=1S/C27H30N4O5/c1-6-30(16-25-28-22-14-24(35-5)23(34-4)13-21(22)27(33)29-25)26(32)10-9-19-12-17(2)31(18(19)3)15-20-8-7-11-36-20/h7-14H,6,15-16H2,1-5H3,(H,28,29,33). The Labute approximate surface area is 209 Å². The summed E-state index contributed by atoms with van der Waals surface area (Å²) in [6.07, 6.45) is 5.03. The number of amides is 1. The van der Waals surface area contributed by atoms with Crippen LogP contribution in [0, 0.1) is 13.8 Å². The molecule has 188 valence electrons. The fourth-order valence-electron chi connectivity index (χ4n) is 4.18. The number of nitrogens with one attached hydrogen (secondary N) is 1. The molecule has 4 rings (SSSR count). The van der Waals surface area contributed by atoms with Gasteiger partial charge in [0.2, 0.25) is 5.91 Å². The molecular formula is C27H30N4O5. The second kappa shape index (κ2) is 10.6. The Hall–Kier alpha value is -4.27. The predicted octanol–water partition coefficient (Wildman–Crippen LogP) is 4.06. The van der Waals surface area contributed by atoms with Gasteiger partial charge < -0.3 is 28.3 Å².